The maximum Gasteiger partial charge on any atom is 0.244 e. The summed E-state index contributed by atoms with van der Waals surface area (Å²) in [6, 6.07) is 4.47. The molecule has 1 N–H and O–H groups in total. The van der Waals surface area contributed by atoms with Gasteiger partial charge >= 0.3 is 0 Å². The zero-order valence-electron chi connectivity index (χ0n) is 9.92. The van der Waals surface area contributed by atoms with Gasteiger partial charge in [0.15, 0.2) is 0 Å². The van der Waals surface area contributed by atoms with Crippen molar-refractivity contribution in [3.05, 3.63) is 28.2 Å². The van der Waals surface area contributed by atoms with Gasteiger partial charge in [-0.1, -0.05) is 29.3 Å². The highest BCUT2D eigenvalue weighted by molar-refractivity contribution is 7.89. The number of nitrogens with zero attached hydrogens (tertiary/aromatic N) is 1. The van der Waals surface area contributed by atoms with Crippen LogP contribution in [0.1, 0.15) is 0 Å². The number of halogens is 2. The SMILES string of the molecule is O=S(=O)(c1cccc(Cl)c1Cl)N1CCOC(CO)C1. The van der Waals surface area contributed by atoms with Gasteiger partial charge in [-0.15, -0.1) is 0 Å². The van der Waals surface area contributed by atoms with Gasteiger partial charge in [0.25, 0.3) is 0 Å². The minimum absolute atomic E-state index is 0.0104. The lowest BCUT2D eigenvalue weighted by atomic mass is 10.3. The van der Waals surface area contributed by atoms with E-state index in [-0.39, 0.29) is 41.2 Å². The van der Waals surface area contributed by atoms with Crippen molar-refractivity contribution < 1.29 is 18.3 Å². The Labute approximate surface area is 121 Å². The minimum atomic E-state index is -3.73. The van der Waals surface area contributed by atoms with Crippen LogP contribution in [0.25, 0.3) is 0 Å². The molecule has 1 aromatic carbocycles. The molecule has 5 nitrogen and oxygen atoms in total. The van der Waals surface area contributed by atoms with Crippen LogP contribution in [-0.4, -0.2) is 50.2 Å². The first-order valence-electron chi connectivity index (χ1n) is 5.63. The summed E-state index contributed by atoms with van der Waals surface area (Å²) >= 11 is 11.8. The van der Waals surface area contributed by atoms with Gasteiger partial charge in [-0.2, -0.15) is 4.31 Å². The van der Waals surface area contributed by atoms with Crippen LogP contribution < -0.4 is 0 Å². The smallest absolute Gasteiger partial charge is 0.244 e. The average Bonchev–Trinajstić information content (AvgIpc) is 2.41. The van der Waals surface area contributed by atoms with Crippen molar-refractivity contribution in [2.45, 2.75) is 11.0 Å². The summed E-state index contributed by atoms with van der Waals surface area (Å²) in [5.41, 5.74) is 0. The third-order valence-corrected chi connectivity index (χ3v) is 5.68. The van der Waals surface area contributed by atoms with Gasteiger partial charge in [0, 0.05) is 13.1 Å². The highest BCUT2D eigenvalue weighted by atomic mass is 35.5. The summed E-state index contributed by atoms with van der Waals surface area (Å²) in [6.45, 7) is 0.335. The lowest BCUT2D eigenvalue weighted by molar-refractivity contribution is -0.0304. The van der Waals surface area contributed by atoms with Gasteiger partial charge in [0.1, 0.15) is 4.90 Å². The Balaban J connectivity index is 2.34. The molecule has 106 valence electrons. The second-order valence-electron chi connectivity index (χ2n) is 4.09. The second-order valence-corrected chi connectivity index (χ2v) is 6.78. The minimum Gasteiger partial charge on any atom is -0.394 e. The maximum absolute atomic E-state index is 12.5. The quantitative estimate of drug-likeness (QED) is 0.911. The molecule has 0 saturated carbocycles. The van der Waals surface area contributed by atoms with Crippen LogP contribution in [0.5, 0.6) is 0 Å². The van der Waals surface area contributed by atoms with E-state index >= 15 is 0 Å². The number of benzene rings is 1. The van der Waals surface area contributed by atoms with Gasteiger partial charge in [-0.05, 0) is 12.1 Å². The molecular formula is C11H13Cl2NO4S. The maximum atomic E-state index is 12.5. The van der Waals surface area contributed by atoms with E-state index in [1.54, 1.807) is 0 Å². The lowest BCUT2D eigenvalue weighted by Gasteiger charge is -2.31. The first-order chi connectivity index (χ1) is 8.96. The molecule has 2 rings (SSSR count). The third-order valence-electron chi connectivity index (χ3n) is 2.84. The summed E-state index contributed by atoms with van der Waals surface area (Å²) in [6.07, 6.45) is -0.513. The van der Waals surface area contributed by atoms with Gasteiger partial charge in [-0.3, -0.25) is 0 Å². The first-order valence-corrected chi connectivity index (χ1v) is 7.83. The molecule has 0 bridgehead atoms. The molecule has 1 atom stereocenters. The Bertz CT molecular complexity index is 564. The van der Waals surface area contributed by atoms with Crippen molar-refractivity contribution in [3.8, 4) is 0 Å². The molecule has 1 unspecified atom stereocenters. The highest BCUT2D eigenvalue weighted by Gasteiger charge is 2.32. The molecule has 1 aromatic rings. The van der Waals surface area contributed by atoms with E-state index in [1.165, 1.54) is 22.5 Å². The van der Waals surface area contributed by atoms with Crippen LogP contribution in [0, 0.1) is 0 Å². The molecule has 1 aliphatic rings. The summed E-state index contributed by atoms with van der Waals surface area (Å²) in [5.74, 6) is 0. The number of sulfonamides is 1. The van der Waals surface area contributed by atoms with Crippen molar-refractivity contribution in [2.75, 3.05) is 26.3 Å². The Morgan fingerprint density at radius 3 is 2.84 bits per heavy atom. The van der Waals surface area contributed by atoms with Gasteiger partial charge in [0.2, 0.25) is 10.0 Å². The number of ether oxygens (including phenoxy) is 1. The summed E-state index contributed by atoms with van der Waals surface area (Å²) < 4.78 is 31.4. The van der Waals surface area contributed by atoms with Crippen molar-refractivity contribution in [1.82, 2.24) is 4.31 Å². The van der Waals surface area contributed by atoms with E-state index in [1.807, 2.05) is 0 Å². The molecular weight excluding hydrogens is 313 g/mol. The number of aliphatic hydroxyl groups is 1. The predicted molar refractivity (Wildman–Crippen MR) is 72.0 cm³/mol. The summed E-state index contributed by atoms with van der Waals surface area (Å²) in [5, 5.41) is 9.25. The normalized spacial score (nSPS) is 21.5. The Hall–Kier alpha value is -0.370. The third kappa shape index (κ3) is 3.04. The molecule has 1 heterocycles. The number of aliphatic hydroxyl groups excluding tert-OH is 1. The first kappa shape index (κ1) is 15.0. The van der Waals surface area contributed by atoms with Crippen LogP contribution >= 0.6 is 23.2 Å². The number of hydrogen-bond donors (Lipinski definition) is 1. The second kappa shape index (κ2) is 5.95. The summed E-state index contributed by atoms with van der Waals surface area (Å²) in [4.78, 5) is -0.0275. The molecule has 0 spiro atoms. The molecule has 8 heteroatoms. The van der Waals surface area contributed by atoms with E-state index in [9.17, 15) is 8.42 Å². The van der Waals surface area contributed by atoms with E-state index < -0.39 is 16.1 Å². The molecule has 1 aliphatic heterocycles. The molecule has 1 saturated heterocycles. The summed E-state index contributed by atoms with van der Waals surface area (Å²) in [7, 11) is -3.73. The molecule has 19 heavy (non-hydrogen) atoms. The predicted octanol–water partition coefficient (Wildman–Crippen LogP) is 1.38. The highest BCUT2D eigenvalue weighted by Crippen LogP contribution is 2.31. The molecule has 1 fully saturated rings. The topological polar surface area (TPSA) is 66.8 Å². The largest absolute Gasteiger partial charge is 0.394 e. The van der Waals surface area contributed by atoms with Crippen molar-refractivity contribution in [3.63, 3.8) is 0 Å². The molecule has 0 aromatic heterocycles. The Kier molecular flexibility index (Phi) is 4.70. The zero-order chi connectivity index (χ0) is 14.0. The van der Waals surface area contributed by atoms with Crippen LogP contribution in [0.4, 0.5) is 0 Å². The van der Waals surface area contributed by atoms with E-state index in [2.05, 4.69) is 0 Å². The monoisotopic (exact) mass is 325 g/mol. The average molecular weight is 326 g/mol. The molecule has 0 aliphatic carbocycles. The van der Waals surface area contributed by atoms with Crippen molar-refractivity contribution in [2.24, 2.45) is 0 Å². The molecule has 0 amide bonds. The number of hydrogen-bond acceptors (Lipinski definition) is 4. The van der Waals surface area contributed by atoms with Crippen LogP contribution in [0.15, 0.2) is 23.1 Å². The lowest BCUT2D eigenvalue weighted by Crippen LogP contribution is -2.46. The molecule has 0 radical (unpaired) electrons. The van der Waals surface area contributed by atoms with Crippen molar-refractivity contribution >= 4 is 33.2 Å². The van der Waals surface area contributed by atoms with E-state index in [4.69, 9.17) is 33.0 Å². The standard InChI is InChI=1S/C11H13Cl2NO4S/c12-9-2-1-3-10(11(9)13)19(16,17)14-4-5-18-8(6-14)7-15/h1-3,8,15H,4-7H2. The zero-order valence-corrected chi connectivity index (χ0v) is 12.2. The van der Waals surface area contributed by atoms with Gasteiger partial charge < -0.3 is 9.84 Å². The Morgan fingerprint density at radius 1 is 1.42 bits per heavy atom. The Morgan fingerprint density at radius 2 is 2.16 bits per heavy atom. The number of rotatable bonds is 3. The van der Waals surface area contributed by atoms with Crippen LogP contribution in [-0.2, 0) is 14.8 Å². The van der Waals surface area contributed by atoms with Crippen molar-refractivity contribution in [1.29, 1.82) is 0 Å². The fourth-order valence-electron chi connectivity index (χ4n) is 1.84. The van der Waals surface area contributed by atoms with E-state index in [0.29, 0.717) is 0 Å². The van der Waals surface area contributed by atoms with Crippen LogP contribution in [0.2, 0.25) is 10.0 Å². The van der Waals surface area contributed by atoms with E-state index in [0.717, 1.165) is 0 Å². The van der Waals surface area contributed by atoms with Crippen LogP contribution in [0.3, 0.4) is 0 Å². The fourth-order valence-corrected chi connectivity index (χ4v) is 4.03. The van der Waals surface area contributed by atoms with Gasteiger partial charge in [0.05, 0.1) is 29.4 Å². The van der Waals surface area contributed by atoms with Gasteiger partial charge in [-0.25, -0.2) is 8.42 Å². The fraction of sp³-hybridized carbons (Fsp3) is 0.455. The number of morpholine rings is 1.